The van der Waals surface area contributed by atoms with Gasteiger partial charge in [0.25, 0.3) is 0 Å². The lowest BCUT2D eigenvalue weighted by Gasteiger charge is -2.18. The van der Waals surface area contributed by atoms with E-state index in [0.717, 1.165) is 43.6 Å². The molecule has 0 bridgehead atoms. The van der Waals surface area contributed by atoms with Crippen LogP contribution in [0.2, 0.25) is 0 Å². The maximum atomic E-state index is 7.23. The van der Waals surface area contributed by atoms with Crippen LogP contribution in [0.1, 0.15) is 0 Å². The van der Waals surface area contributed by atoms with Crippen molar-refractivity contribution in [3.05, 3.63) is 133 Å². The lowest BCUT2D eigenvalue weighted by atomic mass is 9.69. The quantitative estimate of drug-likeness (QED) is 0.173. The molecule has 238 valence electrons. The van der Waals surface area contributed by atoms with Crippen LogP contribution in [0, 0.1) is 0 Å². The number of aromatic nitrogens is 3. The van der Waals surface area contributed by atoms with Gasteiger partial charge in [-0.15, -0.1) is 0 Å². The van der Waals surface area contributed by atoms with Crippen LogP contribution in [0.4, 0.5) is 0 Å². The molecule has 8 aromatic carbocycles. The Balaban J connectivity index is 1.28. The smallest absolute Gasteiger partial charge is 0.164 e. The predicted molar refractivity (Wildman–Crippen MR) is 228 cm³/mol. The molecule has 0 atom stereocenters. The van der Waals surface area contributed by atoms with Crippen molar-refractivity contribution in [1.82, 2.24) is 15.0 Å². The van der Waals surface area contributed by atoms with E-state index >= 15 is 0 Å². The van der Waals surface area contributed by atoms with Gasteiger partial charge in [0.15, 0.2) is 17.5 Å². The number of benzene rings is 8. The number of furan rings is 1. The van der Waals surface area contributed by atoms with Gasteiger partial charge in [0.1, 0.15) is 50.4 Å². The molecule has 0 aliphatic carbocycles. The summed E-state index contributed by atoms with van der Waals surface area (Å²) in [4.78, 5) is 14.8. The second-order valence-electron chi connectivity index (χ2n) is 13.4. The molecule has 4 nitrogen and oxygen atoms in total. The minimum atomic E-state index is 0.239. The predicted octanol–water partition coefficient (Wildman–Crippen LogP) is 5.87. The first-order valence-corrected chi connectivity index (χ1v) is 17.5. The monoisotopic (exact) mass is 675 g/mol. The third kappa shape index (κ3) is 4.88. The summed E-state index contributed by atoms with van der Waals surface area (Å²) in [5.74, 6) is 1.34. The topological polar surface area (TPSA) is 51.8 Å². The molecule has 0 aliphatic rings. The normalized spacial score (nSPS) is 11.7. The minimum absolute atomic E-state index is 0.239. The van der Waals surface area contributed by atoms with E-state index in [0.29, 0.717) is 66.9 Å². The van der Waals surface area contributed by atoms with Gasteiger partial charge in [0, 0.05) is 27.5 Å². The molecule has 0 N–H and O–H groups in total. The average Bonchev–Trinajstić information content (AvgIpc) is 3.64. The molecule has 10 radical (unpaired) electrons. The lowest BCUT2D eigenvalue weighted by molar-refractivity contribution is 0.675. The summed E-state index contributed by atoms with van der Waals surface area (Å²) in [5, 5.41) is 7.94. The van der Waals surface area contributed by atoms with Gasteiger partial charge in [0.2, 0.25) is 0 Å². The van der Waals surface area contributed by atoms with Gasteiger partial charge in [-0.1, -0.05) is 155 Å². The second kappa shape index (κ2) is 12.4. The van der Waals surface area contributed by atoms with Gasteiger partial charge in [-0.05, 0) is 49.5 Å². The highest BCUT2D eigenvalue weighted by atomic mass is 16.3. The number of hydrogen-bond acceptors (Lipinski definition) is 4. The lowest BCUT2D eigenvalue weighted by Crippen LogP contribution is -2.34. The second-order valence-corrected chi connectivity index (χ2v) is 13.4. The third-order valence-electron chi connectivity index (χ3n) is 10.3. The summed E-state index contributed by atoms with van der Waals surface area (Å²) in [7, 11) is 34.2. The molecular formula is C45H22B5N3O. The van der Waals surface area contributed by atoms with Crippen LogP contribution in [0.15, 0.2) is 138 Å². The van der Waals surface area contributed by atoms with Gasteiger partial charge in [-0.2, -0.15) is 0 Å². The summed E-state index contributed by atoms with van der Waals surface area (Å²) < 4.78 is 6.45. The summed E-state index contributed by atoms with van der Waals surface area (Å²) in [6.07, 6.45) is 0. The van der Waals surface area contributed by atoms with E-state index in [9.17, 15) is 0 Å². The standard InChI is InChI=1S/C45H22B5N3O/c46-33-22-32(45-52-43(23-11-3-1-4-12-23)51-44(53-45)24-13-5-2-6-14-24)35-36-38(48)34(39(49)40(50)42(36)54-41(35)37(33)47)25-19-20-30-28-17-8-7-15-26(28)27-16-9-10-18-29(27)31(30)21-25/h1-22H. The van der Waals surface area contributed by atoms with Gasteiger partial charge in [-0.3, -0.25) is 0 Å². The Kier molecular flexibility index (Phi) is 7.42. The van der Waals surface area contributed by atoms with Crippen molar-refractivity contribution in [3.63, 3.8) is 0 Å². The molecule has 0 unspecified atom stereocenters. The Labute approximate surface area is 317 Å². The fourth-order valence-electron chi connectivity index (χ4n) is 7.77. The molecule has 0 aliphatic heterocycles. The molecule has 0 fully saturated rings. The van der Waals surface area contributed by atoms with Crippen LogP contribution in [-0.2, 0) is 0 Å². The van der Waals surface area contributed by atoms with E-state index in [1.54, 1.807) is 6.07 Å². The molecule has 0 saturated carbocycles. The zero-order chi connectivity index (χ0) is 36.7. The molecule has 10 rings (SSSR count). The zero-order valence-corrected chi connectivity index (χ0v) is 28.8. The van der Waals surface area contributed by atoms with Crippen molar-refractivity contribution in [2.75, 3.05) is 0 Å². The largest absolute Gasteiger partial charge is 0.457 e. The van der Waals surface area contributed by atoms with Crippen molar-refractivity contribution in [3.8, 4) is 45.3 Å². The maximum absolute atomic E-state index is 7.23. The molecule has 9 heteroatoms. The van der Waals surface area contributed by atoms with E-state index < -0.39 is 0 Å². The van der Waals surface area contributed by atoms with Gasteiger partial charge in [0.05, 0.1) is 0 Å². The summed E-state index contributed by atoms with van der Waals surface area (Å²) in [6, 6.07) is 44.4. The number of nitrogens with zero attached hydrogens (tertiary/aromatic N) is 3. The Morgan fingerprint density at radius 3 is 1.43 bits per heavy atom. The van der Waals surface area contributed by atoms with Crippen LogP contribution in [0.3, 0.4) is 0 Å². The molecule has 54 heavy (non-hydrogen) atoms. The van der Waals surface area contributed by atoms with Crippen LogP contribution >= 0.6 is 0 Å². The zero-order valence-electron chi connectivity index (χ0n) is 28.8. The first kappa shape index (κ1) is 32.3. The van der Waals surface area contributed by atoms with Crippen LogP contribution < -0.4 is 27.3 Å². The molecule has 0 spiro atoms. The first-order valence-electron chi connectivity index (χ1n) is 17.5. The highest BCUT2D eigenvalue weighted by Gasteiger charge is 2.24. The summed E-state index contributed by atoms with van der Waals surface area (Å²) >= 11 is 0. The summed E-state index contributed by atoms with van der Waals surface area (Å²) in [6.45, 7) is 0. The molecule has 0 saturated heterocycles. The third-order valence-corrected chi connectivity index (χ3v) is 10.3. The number of rotatable bonds is 4. The molecule has 0 amide bonds. The summed E-state index contributed by atoms with van der Waals surface area (Å²) in [5.41, 5.74) is 5.68. The van der Waals surface area contributed by atoms with E-state index in [1.807, 2.05) is 66.7 Å². The fourth-order valence-corrected chi connectivity index (χ4v) is 7.77. The molecular weight excluding hydrogens is 653 g/mol. The Bertz CT molecular complexity index is 3070. The number of fused-ring (bicyclic) bond motifs is 9. The molecule has 10 aromatic rings. The van der Waals surface area contributed by atoms with Crippen molar-refractivity contribution < 1.29 is 4.42 Å². The van der Waals surface area contributed by atoms with Crippen molar-refractivity contribution in [2.24, 2.45) is 0 Å². The maximum Gasteiger partial charge on any atom is 0.164 e. The molecule has 2 aromatic heterocycles. The highest BCUT2D eigenvalue weighted by Crippen LogP contribution is 2.38. The van der Waals surface area contributed by atoms with Crippen molar-refractivity contribution in [2.45, 2.75) is 0 Å². The van der Waals surface area contributed by atoms with Gasteiger partial charge >= 0.3 is 0 Å². The van der Waals surface area contributed by atoms with E-state index in [4.69, 9.17) is 58.6 Å². The Morgan fingerprint density at radius 1 is 0.370 bits per heavy atom. The number of hydrogen-bond donors (Lipinski definition) is 0. The molecule has 2 heterocycles. The van der Waals surface area contributed by atoms with Crippen LogP contribution in [0.5, 0.6) is 0 Å². The fraction of sp³-hybridized carbons (Fsp3) is 0. The van der Waals surface area contributed by atoms with Gasteiger partial charge in [-0.25, -0.2) is 15.0 Å². The van der Waals surface area contributed by atoms with Crippen molar-refractivity contribution in [1.29, 1.82) is 0 Å². The van der Waals surface area contributed by atoms with E-state index in [2.05, 4.69) is 60.7 Å². The van der Waals surface area contributed by atoms with E-state index in [1.165, 1.54) is 5.39 Å². The van der Waals surface area contributed by atoms with Crippen LogP contribution in [0.25, 0.3) is 99.5 Å². The highest BCUT2D eigenvalue weighted by molar-refractivity contribution is 6.61. The first-order chi connectivity index (χ1) is 26.4. The van der Waals surface area contributed by atoms with E-state index in [-0.39, 0.29) is 10.9 Å². The average molecular weight is 675 g/mol. The SMILES string of the molecule is [B]c1cc(-c2nc(-c3ccccc3)nc(-c3ccccc3)n2)c2c(oc3c([B])c([B])c(-c4ccc5c6ccccc6c6ccccc6c5c4)c([B])c32)c1[B]. The minimum Gasteiger partial charge on any atom is -0.457 e. The Morgan fingerprint density at radius 2 is 0.852 bits per heavy atom. The Hall–Kier alpha value is -6.33. The van der Waals surface area contributed by atoms with Gasteiger partial charge < -0.3 is 4.42 Å². The van der Waals surface area contributed by atoms with Crippen LogP contribution in [-0.4, -0.2) is 54.2 Å². The van der Waals surface area contributed by atoms with Crippen molar-refractivity contribution >= 4 is 121 Å².